The molecule has 1 heterocycles. The van der Waals surface area contributed by atoms with E-state index in [9.17, 15) is 21.6 Å². The Morgan fingerprint density at radius 3 is 2.37 bits per heavy atom. The SMILES string of the molecule is CCCC(CCO)CN=C(NCC)NC1CCN(S(=O)(=O)C(F)(F)F)CC1. The fraction of sp³-hybridized carbons (Fsp3) is 0.938. The molecule has 0 spiro atoms. The quantitative estimate of drug-likeness (QED) is 0.393. The Balaban J connectivity index is 2.63. The van der Waals surface area contributed by atoms with Gasteiger partial charge < -0.3 is 15.7 Å². The molecule has 0 aromatic rings. The molecule has 0 amide bonds. The second-order valence-electron chi connectivity index (χ2n) is 6.66. The molecular weight excluding hydrogens is 385 g/mol. The van der Waals surface area contributed by atoms with Crippen LogP contribution in [0.3, 0.4) is 0 Å². The molecule has 1 aliphatic rings. The van der Waals surface area contributed by atoms with Crippen LogP contribution in [0.15, 0.2) is 4.99 Å². The highest BCUT2D eigenvalue weighted by Gasteiger charge is 2.50. The van der Waals surface area contributed by atoms with Crippen LogP contribution in [0.4, 0.5) is 13.2 Å². The third-order valence-corrected chi connectivity index (χ3v) is 6.14. The van der Waals surface area contributed by atoms with E-state index in [0.29, 0.717) is 29.8 Å². The minimum atomic E-state index is -5.26. The van der Waals surface area contributed by atoms with Gasteiger partial charge in [0.25, 0.3) is 0 Å². The van der Waals surface area contributed by atoms with Gasteiger partial charge in [0.2, 0.25) is 0 Å². The predicted molar refractivity (Wildman–Crippen MR) is 98.8 cm³/mol. The van der Waals surface area contributed by atoms with Gasteiger partial charge in [-0.2, -0.15) is 17.5 Å². The first-order valence-electron chi connectivity index (χ1n) is 9.37. The Morgan fingerprint density at radius 2 is 1.89 bits per heavy atom. The monoisotopic (exact) mass is 416 g/mol. The van der Waals surface area contributed by atoms with Crippen molar-refractivity contribution in [1.29, 1.82) is 0 Å². The van der Waals surface area contributed by atoms with Gasteiger partial charge in [0.15, 0.2) is 5.96 Å². The van der Waals surface area contributed by atoms with Crippen molar-refractivity contribution in [2.45, 2.75) is 57.5 Å². The van der Waals surface area contributed by atoms with E-state index < -0.39 is 15.5 Å². The van der Waals surface area contributed by atoms with Crippen LogP contribution >= 0.6 is 0 Å². The van der Waals surface area contributed by atoms with Crippen LogP contribution in [-0.4, -0.2) is 68.1 Å². The van der Waals surface area contributed by atoms with Gasteiger partial charge in [-0.05, 0) is 38.5 Å². The summed E-state index contributed by atoms with van der Waals surface area (Å²) in [6, 6.07) is -0.148. The summed E-state index contributed by atoms with van der Waals surface area (Å²) in [5.41, 5.74) is -5.26. The molecule has 1 unspecified atom stereocenters. The molecule has 3 N–H and O–H groups in total. The van der Waals surface area contributed by atoms with Crippen LogP contribution in [0.5, 0.6) is 0 Å². The van der Waals surface area contributed by atoms with Gasteiger partial charge in [0, 0.05) is 38.8 Å². The van der Waals surface area contributed by atoms with E-state index >= 15 is 0 Å². The number of guanidine groups is 1. The third-order valence-electron chi connectivity index (χ3n) is 4.51. The fourth-order valence-electron chi connectivity index (χ4n) is 3.04. The van der Waals surface area contributed by atoms with Crippen molar-refractivity contribution in [2.75, 3.05) is 32.8 Å². The lowest BCUT2D eigenvalue weighted by atomic mass is 10.0. The maximum Gasteiger partial charge on any atom is 0.511 e. The summed E-state index contributed by atoms with van der Waals surface area (Å²) in [6.07, 6.45) is 3.17. The van der Waals surface area contributed by atoms with Gasteiger partial charge in [0.1, 0.15) is 0 Å². The van der Waals surface area contributed by atoms with Crippen LogP contribution in [0.25, 0.3) is 0 Å². The number of alkyl halides is 3. The molecular formula is C16H31F3N4O3S. The van der Waals surface area contributed by atoms with Crippen molar-refractivity contribution >= 4 is 16.0 Å². The Kier molecular flexibility index (Phi) is 9.82. The number of rotatable bonds is 9. The van der Waals surface area contributed by atoms with E-state index in [1.54, 1.807) is 0 Å². The van der Waals surface area contributed by atoms with E-state index in [4.69, 9.17) is 5.11 Å². The van der Waals surface area contributed by atoms with Crippen molar-refractivity contribution in [3.05, 3.63) is 0 Å². The van der Waals surface area contributed by atoms with Gasteiger partial charge in [-0.25, -0.2) is 8.42 Å². The standard InChI is InChI=1S/C16H31F3N4O3S/c1-3-5-13(8-11-24)12-21-15(20-4-2)22-14-6-9-23(10-7-14)27(25,26)16(17,18)19/h13-14,24H,3-12H2,1-2H3,(H2,20,21,22). The summed E-state index contributed by atoms with van der Waals surface area (Å²) in [5, 5.41) is 15.4. The number of hydrogen-bond acceptors (Lipinski definition) is 4. The number of sulfonamides is 1. The highest BCUT2D eigenvalue weighted by molar-refractivity contribution is 7.90. The zero-order valence-corrected chi connectivity index (χ0v) is 16.7. The van der Waals surface area contributed by atoms with E-state index in [1.807, 2.05) is 6.92 Å². The summed E-state index contributed by atoms with van der Waals surface area (Å²) in [4.78, 5) is 4.52. The molecule has 1 saturated heterocycles. The van der Waals surface area contributed by atoms with E-state index in [0.717, 1.165) is 12.8 Å². The summed E-state index contributed by atoms with van der Waals surface area (Å²) < 4.78 is 61.3. The molecule has 0 aromatic carbocycles. The molecule has 0 radical (unpaired) electrons. The number of aliphatic hydroxyl groups excluding tert-OH is 1. The predicted octanol–water partition coefficient (Wildman–Crippen LogP) is 1.65. The van der Waals surface area contributed by atoms with Crippen molar-refractivity contribution in [2.24, 2.45) is 10.9 Å². The minimum absolute atomic E-state index is 0.107. The summed E-state index contributed by atoms with van der Waals surface area (Å²) in [5.74, 6) is 0.836. The topological polar surface area (TPSA) is 94.0 Å². The summed E-state index contributed by atoms with van der Waals surface area (Å²) in [7, 11) is -5.26. The highest BCUT2D eigenvalue weighted by atomic mass is 32.2. The first-order valence-corrected chi connectivity index (χ1v) is 10.8. The molecule has 11 heteroatoms. The van der Waals surface area contributed by atoms with Crippen molar-refractivity contribution in [3.8, 4) is 0 Å². The van der Waals surface area contributed by atoms with Crippen LogP contribution in [0.2, 0.25) is 0 Å². The number of aliphatic imine (C=N–C) groups is 1. The summed E-state index contributed by atoms with van der Waals surface area (Å²) in [6.45, 7) is 4.91. The number of aliphatic hydroxyl groups is 1. The Labute approximate surface area is 159 Å². The zero-order chi connectivity index (χ0) is 20.5. The van der Waals surface area contributed by atoms with Crippen LogP contribution in [-0.2, 0) is 10.0 Å². The number of halogens is 3. The zero-order valence-electron chi connectivity index (χ0n) is 15.9. The molecule has 160 valence electrons. The average Bonchev–Trinajstić information content (AvgIpc) is 2.59. The maximum absolute atomic E-state index is 12.6. The Morgan fingerprint density at radius 1 is 1.26 bits per heavy atom. The second kappa shape index (κ2) is 11.1. The van der Waals surface area contributed by atoms with E-state index in [2.05, 4.69) is 22.5 Å². The molecule has 0 aliphatic carbocycles. The van der Waals surface area contributed by atoms with Gasteiger partial charge >= 0.3 is 15.5 Å². The third kappa shape index (κ3) is 7.46. The molecule has 7 nitrogen and oxygen atoms in total. The van der Waals surface area contributed by atoms with Gasteiger partial charge in [-0.1, -0.05) is 13.3 Å². The largest absolute Gasteiger partial charge is 0.511 e. The number of piperidine rings is 1. The Bertz CT molecular complexity index is 556. The molecule has 0 aromatic heterocycles. The number of nitrogens with zero attached hydrogens (tertiary/aromatic N) is 2. The van der Waals surface area contributed by atoms with Crippen LogP contribution < -0.4 is 10.6 Å². The van der Waals surface area contributed by atoms with Crippen molar-refractivity contribution < 1.29 is 26.7 Å². The van der Waals surface area contributed by atoms with Gasteiger partial charge in [0.05, 0.1) is 0 Å². The Hall–Kier alpha value is -1.07. The smallest absolute Gasteiger partial charge is 0.396 e. The molecule has 0 bridgehead atoms. The number of hydrogen-bond donors (Lipinski definition) is 3. The lowest BCUT2D eigenvalue weighted by Gasteiger charge is -2.32. The normalized spacial score (nSPS) is 19.1. The van der Waals surface area contributed by atoms with Gasteiger partial charge in [-0.3, -0.25) is 4.99 Å². The molecule has 0 saturated carbocycles. The van der Waals surface area contributed by atoms with Crippen LogP contribution in [0, 0.1) is 5.92 Å². The first kappa shape index (κ1) is 24.0. The average molecular weight is 417 g/mol. The minimum Gasteiger partial charge on any atom is -0.396 e. The maximum atomic E-state index is 12.6. The first-order chi connectivity index (χ1) is 12.7. The number of nitrogens with one attached hydrogen (secondary N) is 2. The molecule has 1 fully saturated rings. The molecule has 1 rings (SSSR count). The van der Waals surface area contributed by atoms with Crippen molar-refractivity contribution in [3.63, 3.8) is 0 Å². The highest BCUT2D eigenvalue weighted by Crippen LogP contribution is 2.28. The summed E-state index contributed by atoms with van der Waals surface area (Å²) >= 11 is 0. The second-order valence-corrected chi connectivity index (χ2v) is 8.58. The molecule has 27 heavy (non-hydrogen) atoms. The molecule has 1 aliphatic heterocycles. The fourth-order valence-corrected chi connectivity index (χ4v) is 4.02. The van der Waals surface area contributed by atoms with E-state index in [1.165, 1.54) is 0 Å². The lowest BCUT2D eigenvalue weighted by Crippen LogP contribution is -2.51. The van der Waals surface area contributed by atoms with Crippen molar-refractivity contribution in [1.82, 2.24) is 14.9 Å². The lowest BCUT2D eigenvalue weighted by molar-refractivity contribution is -0.0494. The van der Waals surface area contributed by atoms with E-state index in [-0.39, 0.29) is 44.5 Å². The molecule has 1 atom stereocenters. The van der Waals surface area contributed by atoms with Crippen LogP contribution in [0.1, 0.15) is 46.0 Å². The van der Waals surface area contributed by atoms with Gasteiger partial charge in [-0.15, -0.1) is 0 Å².